The quantitative estimate of drug-likeness (QED) is 0.778. The number of nitrogens with zero attached hydrogens (tertiary/aromatic N) is 3. The molecule has 23 heavy (non-hydrogen) atoms. The van der Waals surface area contributed by atoms with Crippen molar-refractivity contribution in [2.75, 3.05) is 13.2 Å². The van der Waals surface area contributed by atoms with Crippen molar-refractivity contribution in [1.29, 1.82) is 0 Å². The van der Waals surface area contributed by atoms with Crippen LogP contribution in [0.25, 0.3) is 0 Å². The molecule has 9 heteroatoms. The fraction of sp³-hybridized carbons (Fsp3) is 0.500. The summed E-state index contributed by atoms with van der Waals surface area (Å²) < 4.78 is 34.5. The minimum absolute atomic E-state index is 0.0766. The Morgan fingerprint density at radius 3 is 2.96 bits per heavy atom. The van der Waals surface area contributed by atoms with Gasteiger partial charge in [0.25, 0.3) is 10.0 Å². The lowest BCUT2D eigenvalue weighted by molar-refractivity contribution is 0.0927. The summed E-state index contributed by atoms with van der Waals surface area (Å²) in [6.07, 6.45) is 3.16. The Morgan fingerprint density at radius 2 is 2.39 bits per heavy atom. The highest BCUT2D eigenvalue weighted by Crippen LogP contribution is 2.26. The van der Waals surface area contributed by atoms with Crippen molar-refractivity contribution < 1.29 is 13.2 Å². The molecule has 0 aliphatic carbocycles. The van der Waals surface area contributed by atoms with Gasteiger partial charge < -0.3 is 9.30 Å². The van der Waals surface area contributed by atoms with Gasteiger partial charge in [0.1, 0.15) is 5.15 Å². The summed E-state index contributed by atoms with van der Waals surface area (Å²) in [4.78, 5) is 4.95. The van der Waals surface area contributed by atoms with Crippen molar-refractivity contribution in [3.05, 3.63) is 33.9 Å². The van der Waals surface area contributed by atoms with Crippen LogP contribution in [0, 0.1) is 0 Å². The van der Waals surface area contributed by atoms with Crippen LogP contribution in [0.15, 0.2) is 28.9 Å². The van der Waals surface area contributed by atoms with Gasteiger partial charge in [-0.2, -0.15) is 4.31 Å². The third kappa shape index (κ3) is 3.61. The van der Waals surface area contributed by atoms with E-state index in [1.54, 1.807) is 7.05 Å². The Bertz CT molecular complexity index is 752. The van der Waals surface area contributed by atoms with Crippen LogP contribution in [0.5, 0.6) is 0 Å². The average molecular weight is 376 g/mol. The van der Waals surface area contributed by atoms with Crippen molar-refractivity contribution in [3.63, 3.8) is 0 Å². The van der Waals surface area contributed by atoms with E-state index >= 15 is 0 Å². The van der Waals surface area contributed by atoms with Crippen LogP contribution in [0.3, 0.4) is 0 Å². The van der Waals surface area contributed by atoms with E-state index in [1.165, 1.54) is 26.5 Å². The molecular weight excluding hydrogens is 358 g/mol. The topological polar surface area (TPSA) is 64.4 Å². The maximum Gasteiger partial charge on any atom is 0.264 e. The summed E-state index contributed by atoms with van der Waals surface area (Å²) in [5.74, 6) is 0. The molecule has 1 fully saturated rings. The van der Waals surface area contributed by atoms with E-state index in [0.29, 0.717) is 19.7 Å². The summed E-state index contributed by atoms with van der Waals surface area (Å²) in [6, 6.07) is 3.83. The first kappa shape index (κ1) is 16.9. The summed E-state index contributed by atoms with van der Waals surface area (Å²) in [7, 11) is -2.11. The van der Waals surface area contributed by atoms with Crippen LogP contribution in [-0.2, 0) is 28.4 Å². The predicted octanol–water partition coefficient (Wildman–Crippen LogP) is 2.50. The van der Waals surface area contributed by atoms with Gasteiger partial charge in [-0.3, -0.25) is 0 Å². The molecular formula is C14H18ClN3O3S2. The normalized spacial score (nSPS) is 18.8. The fourth-order valence-corrected chi connectivity index (χ4v) is 5.17. The van der Waals surface area contributed by atoms with Gasteiger partial charge in [0.05, 0.1) is 12.4 Å². The summed E-state index contributed by atoms with van der Waals surface area (Å²) in [5, 5.41) is 1.95. The van der Waals surface area contributed by atoms with Crippen LogP contribution in [0.4, 0.5) is 0 Å². The zero-order valence-electron chi connectivity index (χ0n) is 12.7. The summed E-state index contributed by atoms with van der Waals surface area (Å²) >= 11 is 7.63. The second kappa shape index (κ2) is 6.90. The number of ether oxygens (including phenoxy) is 1. The van der Waals surface area contributed by atoms with Gasteiger partial charge in [-0.05, 0) is 24.3 Å². The molecule has 3 rings (SSSR count). The second-order valence-electron chi connectivity index (χ2n) is 5.46. The molecule has 0 unspecified atom stereocenters. The van der Waals surface area contributed by atoms with Gasteiger partial charge in [0.15, 0.2) is 0 Å². The van der Waals surface area contributed by atoms with Gasteiger partial charge in [0, 0.05) is 31.6 Å². The molecule has 0 amide bonds. The molecule has 0 aromatic carbocycles. The SMILES string of the molecule is Cn1cnc(S(=O)(=O)N(Cc2cccs2)C[C@@H]2CCCO2)c1Cl. The standard InChI is InChI=1S/C14H18ClN3O3S2/c1-17-10-16-14(13(17)15)23(19,20)18(8-11-4-2-6-21-11)9-12-5-3-7-22-12/h3,5,7,10-11H,2,4,6,8-9H2,1H3/t11-/m0/s1. The van der Waals surface area contributed by atoms with E-state index in [0.717, 1.165) is 17.7 Å². The molecule has 0 saturated carbocycles. The Labute approximate surface area is 144 Å². The van der Waals surface area contributed by atoms with E-state index in [-0.39, 0.29) is 16.3 Å². The molecule has 0 bridgehead atoms. The number of rotatable bonds is 6. The van der Waals surface area contributed by atoms with E-state index in [2.05, 4.69) is 4.98 Å². The average Bonchev–Trinajstić information content (AvgIpc) is 3.23. The lowest BCUT2D eigenvalue weighted by Crippen LogP contribution is -2.37. The minimum atomic E-state index is -3.78. The van der Waals surface area contributed by atoms with Crippen LogP contribution >= 0.6 is 22.9 Å². The fourth-order valence-electron chi connectivity index (χ4n) is 2.53. The van der Waals surface area contributed by atoms with Gasteiger partial charge in [-0.1, -0.05) is 17.7 Å². The zero-order valence-corrected chi connectivity index (χ0v) is 15.1. The molecule has 0 N–H and O–H groups in total. The van der Waals surface area contributed by atoms with Gasteiger partial charge in [0.2, 0.25) is 5.03 Å². The third-order valence-corrected chi connectivity index (χ3v) is 6.93. The highest BCUT2D eigenvalue weighted by atomic mass is 35.5. The molecule has 2 aromatic heterocycles. The van der Waals surface area contributed by atoms with Crippen LogP contribution in [0.1, 0.15) is 17.7 Å². The number of hydrogen-bond donors (Lipinski definition) is 0. The molecule has 1 saturated heterocycles. The summed E-state index contributed by atoms with van der Waals surface area (Å²) in [5.41, 5.74) is 0. The van der Waals surface area contributed by atoms with Crippen LogP contribution in [-0.4, -0.2) is 41.5 Å². The van der Waals surface area contributed by atoms with Crippen molar-refractivity contribution in [3.8, 4) is 0 Å². The molecule has 1 aliphatic heterocycles. The Morgan fingerprint density at radius 1 is 1.57 bits per heavy atom. The highest BCUT2D eigenvalue weighted by molar-refractivity contribution is 7.89. The first-order valence-electron chi connectivity index (χ1n) is 7.29. The van der Waals surface area contributed by atoms with Crippen molar-refractivity contribution in [2.24, 2.45) is 7.05 Å². The highest BCUT2D eigenvalue weighted by Gasteiger charge is 2.33. The number of aryl methyl sites for hydroxylation is 1. The number of imidazole rings is 1. The first-order chi connectivity index (χ1) is 11.0. The monoisotopic (exact) mass is 375 g/mol. The number of hydrogen-bond acceptors (Lipinski definition) is 5. The Hall–Kier alpha value is -0.930. The van der Waals surface area contributed by atoms with Crippen LogP contribution < -0.4 is 0 Å². The van der Waals surface area contributed by atoms with Crippen molar-refractivity contribution in [2.45, 2.75) is 30.5 Å². The molecule has 2 aromatic rings. The lowest BCUT2D eigenvalue weighted by atomic mass is 10.2. The summed E-state index contributed by atoms with van der Waals surface area (Å²) in [6.45, 7) is 1.29. The van der Waals surface area contributed by atoms with E-state index in [1.807, 2.05) is 17.5 Å². The minimum Gasteiger partial charge on any atom is -0.377 e. The Kier molecular flexibility index (Phi) is 5.07. The smallest absolute Gasteiger partial charge is 0.264 e. The number of thiophene rings is 1. The largest absolute Gasteiger partial charge is 0.377 e. The van der Waals surface area contributed by atoms with Gasteiger partial charge in [-0.15, -0.1) is 11.3 Å². The maximum atomic E-state index is 13.0. The lowest BCUT2D eigenvalue weighted by Gasteiger charge is -2.23. The maximum absolute atomic E-state index is 13.0. The predicted molar refractivity (Wildman–Crippen MR) is 89.1 cm³/mol. The van der Waals surface area contributed by atoms with Gasteiger partial charge in [-0.25, -0.2) is 13.4 Å². The number of halogens is 1. The second-order valence-corrected chi connectivity index (χ2v) is 8.71. The molecule has 1 atom stereocenters. The van der Waals surface area contributed by atoms with E-state index < -0.39 is 10.0 Å². The van der Waals surface area contributed by atoms with E-state index in [9.17, 15) is 8.42 Å². The van der Waals surface area contributed by atoms with Gasteiger partial charge >= 0.3 is 0 Å². The molecule has 3 heterocycles. The number of aromatic nitrogens is 2. The zero-order chi connectivity index (χ0) is 16.4. The molecule has 1 aliphatic rings. The van der Waals surface area contributed by atoms with Crippen molar-refractivity contribution in [1.82, 2.24) is 13.9 Å². The first-order valence-corrected chi connectivity index (χ1v) is 9.99. The molecule has 6 nitrogen and oxygen atoms in total. The molecule has 0 spiro atoms. The third-order valence-electron chi connectivity index (χ3n) is 3.76. The Balaban J connectivity index is 1.90. The number of sulfonamides is 1. The molecule has 126 valence electrons. The molecule has 0 radical (unpaired) electrons. The van der Waals surface area contributed by atoms with E-state index in [4.69, 9.17) is 16.3 Å². The van der Waals surface area contributed by atoms with Crippen molar-refractivity contribution >= 4 is 33.0 Å². The van der Waals surface area contributed by atoms with Crippen LogP contribution in [0.2, 0.25) is 5.15 Å².